The number of ketones is 1. The molecular formula is C23H38O2. The monoisotopic (exact) mass is 346 g/mol. The molecule has 0 N–H and O–H groups in total. The van der Waals surface area contributed by atoms with Crippen LogP contribution in [-0.4, -0.2) is 19.5 Å². The molecule has 4 aliphatic rings. The summed E-state index contributed by atoms with van der Waals surface area (Å²) in [5, 5.41) is 0. The maximum Gasteiger partial charge on any atom is 0.133 e. The van der Waals surface area contributed by atoms with Gasteiger partial charge in [-0.2, -0.15) is 0 Å². The third kappa shape index (κ3) is 2.82. The maximum absolute atomic E-state index is 12.2. The van der Waals surface area contributed by atoms with Crippen molar-refractivity contribution in [3.05, 3.63) is 0 Å². The van der Waals surface area contributed by atoms with Gasteiger partial charge in [0, 0.05) is 13.0 Å². The van der Waals surface area contributed by atoms with Crippen molar-refractivity contribution in [3.8, 4) is 0 Å². The fraction of sp³-hybridized carbons (Fsp3) is 0.957. The van der Waals surface area contributed by atoms with E-state index in [0.29, 0.717) is 22.5 Å². The van der Waals surface area contributed by atoms with Gasteiger partial charge in [0.1, 0.15) is 5.78 Å². The van der Waals surface area contributed by atoms with Crippen LogP contribution in [0.4, 0.5) is 0 Å². The quantitative estimate of drug-likeness (QED) is 0.675. The molecule has 4 fully saturated rings. The second-order valence-electron chi connectivity index (χ2n) is 10.7. The van der Waals surface area contributed by atoms with E-state index < -0.39 is 0 Å². The van der Waals surface area contributed by atoms with E-state index in [1.54, 1.807) is 0 Å². The van der Waals surface area contributed by atoms with E-state index in [0.717, 1.165) is 36.2 Å². The number of Topliss-reactive ketones (excluding diaryl/α,β-unsaturated/α-hetero) is 1. The number of ether oxygens (including phenoxy) is 1. The summed E-state index contributed by atoms with van der Waals surface area (Å²) in [7, 11) is 1.86. The molecule has 0 aromatic carbocycles. The van der Waals surface area contributed by atoms with Crippen molar-refractivity contribution >= 4 is 5.78 Å². The molecule has 2 heteroatoms. The van der Waals surface area contributed by atoms with Crippen molar-refractivity contribution in [2.24, 2.45) is 46.3 Å². The fourth-order valence-electron chi connectivity index (χ4n) is 8.33. The minimum atomic E-state index is 0.319. The smallest absolute Gasteiger partial charge is 0.133 e. The predicted molar refractivity (Wildman–Crippen MR) is 101 cm³/mol. The molecule has 0 spiro atoms. The van der Waals surface area contributed by atoms with Crippen LogP contribution < -0.4 is 0 Å². The van der Waals surface area contributed by atoms with E-state index >= 15 is 0 Å². The van der Waals surface area contributed by atoms with Crippen LogP contribution in [0.2, 0.25) is 0 Å². The van der Waals surface area contributed by atoms with E-state index in [-0.39, 0.29) is 0 Å². The summed E-state index contributed by atoms with van der Waals surface area (Å²) in [5.41, 5.74) is 0.734. The Morgan fingerprint density at radius 2 is 1.72 bits per heavy atom. The molecule has 4 saturated carbocycles. The molecule has 0 radical (unpaired) electrons. The average Bonchev–Trinajstić information content (AvgIpc) is 2.91. The second kappa shape index (κ2) is 6.36. The number of hydrogen-bond donors (Lipinski definition) is 0. The largest absolute Gasteiger partial charge is 0.384 e. The molecule has 0 saturated heterocycles. The van der Waals surface area contributed by atoms with Crippen molar-refractivity contribution in [2.45, 2.75) is 78.6 Å². The van der Waals surface area contributed by atoms with Crippen LogP contribution in [0.25, 0.3) is 0 Å². The molecule has 25 heavy (non-hydrogen) atoms. The number of hydrogen-bond acceptors (Lipinski definition) is 2. The van der Waals surface area contributed by atoms with Crippen LogP contribution in [0.5, 0.6) is 0 Å². The Hall–Kier alpha value is -0.370. The third-order valence-corrected chi connectivity index (χ3v) is 9.34. The van der Waals surface area contributed by atoms with Gasteiger partial charge in [0.25, 0.3) is 0 Å². The Labute approximate surface area is 154 Å². The van der Waals surface area contributed by atoms with Crippen LogP contribution >= 0.6 is 0 Å². The average molecular weight is 347 g/mol. The lowest BCUT2D eigenvalue weighted by Crippen LogP contribution is -2.50. The zero-order valence-corrected chi connectivity index (χ0v) is 16.9. The molecule has 142 valence electrons. The molecule has 1 unspecified atom stereocenters. The number of rotatable bonds is 3. The highest BCUT2D eigenvalue weighted by atomic mass is 16.5. The van der Waals surface area contributed by atoms with Crippen LogP contribution in [-0.2, 0) is 9.53 Å². The van der Waals surface area contributed by atoms with Gasteiger partial charge in [0.15, 0.2) is 0 Å². The molecule has 0 amide bonds. The highest BCUT2D eigenvalue weighted by Crippen LogP contribution is 2.65. The Kier molecular flexibility index (Phi) is 4.58. The Morgan fingerprint density at radius 3 is 2.44 bits per heavy atom. The van der Waals surface area contributed by atoms with Gasteiger partial charge in [0.05, 0.1) is 6.61 Å². The van der Waals surface area contributed by atoms with E-state index in [4.69, 9.17) is 4.74 Å². The lowest BCUT2D eigenvalue weighted by Gasteiger charge is -2.57. The van der Waals surface area contributed by atoms with Crippen molar-refractivity contribution in [2.75, 3.05) is 13.7 Å². The Balaban J connectivity index is 1.51. The standard InChI is InChI=1S/C23H38O2/c1-15(24)20-7-8-21-19-6-5-16-13-22(2,14-25-4)11-9-17(16)18(19)10-12-23(20,21)3/h16-21H,5-14H2,1-4H3/t16-,17-,18+,19+,20+,21-,22?,23+/m0/s1. The van der Waals surface area contributed by atoms with Gasteiger partial charge in [-0.25, -0.2) is 0 Å². The van der Waals surface area contributed by atoms with Gasteiger partial charge in [-0.15, -0.1) is 0 Å². The highest BCUT2D eigenvalue weighted by Gasteiger charge is 2.58. The number of carbonyl (C=O) groups is 1. The van der Waals surface area contributed by atoms with E-state index in [1.165, 1.54) is 57.8 Å². The van der Waals surface area contributed by atoms with Crippen molar-refractivity contribution in [1.82, 2.24) is 0 Å². The Bertz CT molecular complexity index is 528. The predicted octanol–water partition coefficient (Wildman–Crippen LogP) is 5.50. The zero-order chi connectivity index (χ0) is 17.8. The molecule has 0 bridgehead atoms. The van der Waals surface area contributed by atoms with E-state index in [2.05, 4.69) is 13.8 Å². The highest BCUT2D eigenvalue weighted by molar-refractivity contribution is 5.79. The number of methoxy groups -OCH3 is 1. The molecule has 0 aromatic heterocycles. The lowest BCUT2D eigenvalue weighted by atomic mass is 9.48. The Morgan fingerprint density at radius 1 is 0.960 bits per heavy atom. The summed E-state index contributed by atoms with van der Waals surface area (Å²) < 4.78 is 5.54. The minimum absolute atomic E-state index is 0.319. The summed E-state index contributed by atoms with van der Waals surface area (Å²) in [4.78, 5) is 12.2. The minimum Gasteiger partial charge on any atom is -0.384 e. The molecular weight excluding hydrogens is 308 g/mol. The maximum atomic E-state index is 12.2. The summed E-state index contributed by atoms with van der Waals surface area (Å²) in [5.74, 6) is 5.41. The SMILES string of the molecule is COCC1(C)CC[C@H]2[C@@H](CC[C@@H]3[C@@H]2CC[C@]2(C)[C@@H](C(C)=O)CC[C@@H]32)C1. The molecule has 0 heterocycles. The first kappa shape index (κ1) is 18.0. The number of fused-ring (bicyclic) bond motifs is 5. The summed E-state index contributed by atoms with van der Waals surface area (Å²) in [6, 6.07) is 0. The molecule has 4 aliphatic carbocycles. The van der Waals surface area contributed by atoms with Gasteiger partial charge < -0.3 is 4.74 Å². The first-order valence-electron chi connectivity index (χ1n) is 10.9. The zero-order valence-electron chi connectivity index (χ0n) is 16.9. The van der Waals surface area contributed by atoms with Gasteiger partial charge in [-0.05, 0) is 105 Å². The van der Waals surface area contributed by atoms with E-state index in [9.17, 15) is 4.79 Å². The molecule has 0 aromatic rings. The van der Waals surface area contributed by atoms with Crippen molar-refractivity contribution < 1.29 is 9.53 Å². The van der Waals surface area contributed by atoms with Crippen LogP contribution in [0, 0.1) is 46.3 Å². The van der Waals surface area contributed by atoms with Crippen LogP contribution in [0.3, 0.4) is 0 Å². The summed E-state index contributed by atoms with van der Waals surface area (Å²) >= 11 is 0. The van der Waals surface area contributed by atoms with Crippen LogP contribution in [0.15, 0.2) is 0 Å². The van der Waals surface area contributed by atoms with E-state index in [1.807, 2.05) is 14.0 Å². The second-order valence-corrected chi connectivity index (χ2v) is 10.7. The topological polar surface area (TPSA) is 26.3 Å². The third-order valence-electron chi connectivity index (χ3n) is 9.34. The van der Waals surface area contributed by atoms with Gasteiger partial charge >= 0.3 is 0 Å². The first-order valence-corrected chi connectivity index (χ1v) is 10.9. The number of carbonyl (C=O) groups excluding carboxylic acids is 1. The first-order chi connectivity index (χ1) is 11.9. The molecule has 2 nitrogen and oxygen atoms in total. The molecule has 0 aliphatic heterocycles. The van der Waals surface area contributed by atoms with Crippen molar-refractivity contribution in [1.29, 1.82) is 0 Å². The fourth-order valence-corrected chi connectivity index (χ4v) is 8.33. The van der Waals surface area contributed by atoms with Gasteiger partial charge in [-0.3, -0.25) is 4.79 Å². The summed E-state index contributed by atoms with van der Waals surface area (Å²) in [6.45, 7) is 7.70. The molecule has 4 rings (SSSR count). The summed E-state index contributed by atoms with van der Waals surface area (Å²) in [6.07, 6.45) is 12.2. The normalized spacial score (nSPS) is 52.2. The van der Waals surface area contributed by atoms with Crippen molar-refractivity contribution in [3.63, 3.8) is 0 Å². The molecule has 8 atom stereocenters. The lowest BCUT2D eigenvalue weighted by molar-refractivity contribution is -0.129. The van der Waals surface area contributed by atoms with Gasteiger partial charge in [-0.1, -0.05) is 13.8 Å². The van der Waals surface area contributed by atoms with Gasteiger partial charge in [0.2, 0.25) is 0 Å². The van der Waals surface area contributed by atoms with Crippen LogP contribution in [0.1, 0.15) is 78.6 Å².